The number of aliphatic carboxylic acids is 1. The molecule has 2 saturated heterocycles. The van der Waals surface area contributed by atoms with E-state index in [9.17, 15) is 14.7 Å². The molecule has 0 bridgehead atoms. The molecule has 8 nitrogen and oxygen atoms in total. The Hall–Kier alpha value is -1.90. The number of piperazine rings is 1. The fourth-order valence-corrected chi connectivity index (χ4v) is 3.40. The van der Waals surface area contributed by atoms with Crippen molar-refractivity contribution in [2.75, 3.05) is 50.8 Å². The van der Waals surface area contributed by atoms with Crippen molar-refractivity contribution in [3.05, 3.63) is 24.5 Å². The Morgan fingerprint density at radius 3 is 2.41 bits per heavy atom. The molecule has 0 spiro atoms. The lowest BCUT2D eigenvalue weighted by molar-refractivity contribution is -0.155. The van der Waals surface area contributed by atoms with Crippen LogP contribution in [0.25, 0.3) is 0 Å². The Morgan fingerprint density at radius 1 is 1.19 bits per heavy atom. The lowest BCUT2D eigenvalue weighted by Gasteiger charge is -2.37. The number of piperidine rings is 1. The van der Waals surface area contributed by atoms with Crippen LogP contribution in [0.4, 0.5) is 5.69 Å². The molecule has 2 N–H and O–H groups in total. The molecule has 0 saturated carbocycles. The van der Waals surface area contributed by atoms with Crippen LogP contribution in [0.15, 0.2) is 24.5 Å². The van der Waals surface area contributed by atoms with Crippen LogP contribution in [0.2, 0.25) is 0 Å². The third kappa shape index (κ3) is 5.79. The maximum absolute atomic E-state index is 12.7. The summed E-state index contributed by atoms with van der Waals surface area (Å²) in [6.07, 6.45) is 5.22. The van der Waals surface area contributed by atoms with Crippen LogP contribution in [0.3, 0.4) is 0 Å². The summed E-state index contributed by atoms with van der Waals surface area (Å²) in [4.78, 5) is 32.1. The summed E-state index contributed by atoms with van der Waals surface area (Å²) in [7, 11) is 0. The maximum Gasteiger partial charge on any atom is 0.318 e. The monoisotopic (exact) mass is 398 g/mol. The van der Waals surface area contributed by atoms with Gasteiger partial charge in [0.25, 0.3) is 0 Å². The quantitative estimate of drug-likeness (QED) is 0.678. The molecule has 3 rings (SSSR count). The van der Waals surface area contributed by atoms with E-state index >= 15 is 0 Å². The van der Waals surface area contributed by atoms with Crippen molar-refractivity contribution >= 4 is 30.0 Å². The molecule has 3 heterocycles. The number of carboxylic acid groups (broad SMARTS) is 1. The molecule has 2 aliphatic heterocycles. The average Bonchev–Trinajstić information content (AvgIpc) is 2.69. The lowest BCUT2D eigenvalue weighted by atomic mass is 10.1. The van der Waals surface area contributed by atoms with Gasteiger partial charge in [-0.2, -0.15) is 0 Å². The molecule has 2 fully saturated rings. The van der Waals surface area contributed by atoms with Gasteiger partial charge in [0.05, 0.1) is 12.7 Å². The number of carboxylic acids is 1. The molecule has 0 aromatic carbocycles. The molecule has 27 heavy (non-hydrogen) atoms. The Labute approximate surface area is 165 Å². The summed E-state index contributed by atoms with van der Waals surface area (Å²) in [6, 6.07) is 3.87. The van der Waals surface area contributed by atoms with Crippen LogP contribution in [0, 0.1) is 5.92 Å². The zero-order valence-corrected chi connectivity index (χ0v) is 16.1. The maximum atomic E-state index is 12.7. The van der Waals surface area contributed by atoms with E-state index in [0.717, 1.165) is 31.6 Å². The molecule has 1 unspecified atom stereocenters. The summed E-state index contributed by atoms with van der Waals surface area (Å²) in [6.45, 7) is 4.06. The third-order valence-electron chi connectivity index (χ3n) is 5.00. The topological polar surface area (TPSA) is 95.0 Å². The first kappa shape index (κ1) is 21.4. The number of anilines is 1. The SMILES string of the molecule is Cl.O=C(O)C(COC1CCNCC1)C(=O)N1CCN(c2ccncc2)CC1. The number of carbonyl (C=O) groups is 2. The van der Waals surface area contributed by atoms with Crippen LogP contribution in [0.1, 0.15) is 12.8 Å². The minimum Gasteiger partial charge on any atom is -0.481 e. The van der Waals surface area contributed by atoms with Crippen molar-refractivity contribution in [3.63, 3.8) is 0 Å². The Bertz CT molecular complexity index is 605. The number of halogens is 1. The molecule has 1 aromatic heterocycles. The smallest absolute Gasteiger partial charge is 0.318 e. The van der Waals surface area contributed by atoms with Crippen molar-refractivity contribution in [1.82, 2.24) is 15.2 Å². The number of aromatic nitrogens is 1. The van der Waals surface area contributed by atoms with E-state index in [4.69, 9.17) is 4.74 Å². The number of hydrogen-bond donors (Lipinski definition) is 2. The largest absolute Gasteiger partial charge is 0.481 e. The number of ether oxygens (including phenoxy) is 1. The van der Waals surface area contributed by atoms with Gasteiger partial charge in [0, 0.05) is 44.3 Å². The van der Waals surface area contributed by atoms with Crippen molar-refractivity contribution in [2.45, 2.75) is 18.9 Å². The standard InChI is InChI=1S/C18H26N4O4.ClH/c23-17(16(18(24)25)13-26-15-3-7-20-8-4-15)22-11-9-21(10-12-22)14-1-5-19-6-2-14;/h1-2,5-6,15-16,20H,3-4,7-13H2,(H,24,25);1H. The van der Waals surface area contributed by atoms with Crippen LogP contribution >= 0.6 is 12.4 Å². The molecule has 0 aliphatic carbocycles. The average molecular weight is 399 g/mol. The van der Waals surface area contributed by atoms with Crippen molar-refractivity contribution in [3.8, 4) is 0 Å². The van der Waals surface area contributed by atoms with Gasteiger partial charge < -0.3 is 25.0 Å². The van der Waals surface area contributed by atoms with Gasteiger partial charge in [0.2, 0.25) is 5.91 Å². The summed E-state index contributed by atoms with van der Waals surface area (Å²) >= 11 is 0. The van der Waals surface area contributed by atoms with Gasteiger partial charge in [-0.25, -0.2) is 0 Å². The number of carbonyl (C=O) groups excluding carboxylic acids is 1. The molecule has 1 aromatic rings. The third-order valence-corrected chi connectivity index (χ3v) is 5.00. The molecule has 150 valence electrons. The number of hydrogen-bond acceptors (Lipinski definition) is 6. The second-order valence-corrected chi connectivity index (χ2v) is 6.69. The zero-order chi connectivity index (χ0) is 18.4. The van der Waals surface area contributed by atoms with Gasteiger partial charge in [-0.15, -0.1) is 12.4 Å². The summed E-state index contributed by atoms with van der Waals surface area (Å²) in [5.41, 5.74) is 1.07. The van der Waals surface area contributed by atoms with E-state index in [1.165, 1.54) is 0 Å². The normalized spacial score (nSPS) is 19.3. The van der Waals surface area contributed by atoms with Gasteiger partial charge in [-0.05, 0) is 38.1 Å². The highest BCUT2D eigenvalue weighted by Gasteiger charge is 2.33. The lowest BCUT2D eigenvalue weighted by Crippen LogP contribution is -2.52. The molecular weight excluding hydrogens is 372 g/mol. The van der Waals surface area contributed by atoms with Gasteiger partial charge in [-0.1, -0.05) is 0 Å². The molecule has 2 aliphatic rings. The van der Waals surface area contributed by atoms with Crippen LogP contribution in [-0.2, 0) is 14.3 Å². The van der Waals surface area contributed by atoms with E-state index in [2.05, 4.69) is 15.2 Å². The van der Waals surface area contributed by atoms with Gasteiger partial charge in [0.15, 0.2) is 5.92 Å². The second-order valence-electron chi connectivity index (χ2n) is 6.69. The minimum atomic E-state index is -1.13. The highest BCUT2D eigenvalue weighted by Crippen LogP contribution is 2.17. The first-order valence-corrected chi connectivity index (χ1v) is 9.14. The Balaban J connectivity index is 0.00000261. The number of amides is 1. The molecule has 1 amide bonds. The van der Waals surface area contributed by atoms with E-state index in [1.807, 2.05) is 12.1 Å². The first-order chi connectivity index (χ1) is 12.6. The van der Waals surface area contributed by atoms with Gasteiger partial charge in [0.1, 0.15) is 0 Å². The number of pyridine rings is 1. The van der Waals surface area contributed by atoms with Crippen LogP contribution in [0.5, 0.6) is 0 Å². The van der Waals surface area contributed by atoms with E-state index < -0.39 is 11.9 Å². The summed E-state index contributed by atoms with van der Waals surface area (Å²) < 4.78 is 5.72. The Morgan fingerprint density at radius 2 is 1.81 bits per heavy atom. The minimum absolute atomic E-state index is 0. The van der Waals surface area contributed by atoms with E-state index in [1.54, 1.807) is 17.3 Å². The van der Waals surface area contributed by atoms with E-state index in [-0.39, 0.29) is 31.0 Å². The van der Waals surface area contributed by atoms with E-state index in [0.29, 0.717) is 26.2 Å². The zero-order valence-electron chi connectivity index (χ0n) is 15.2. The van der Waals surface area contributed by atoms with Crippen LogP contribution < -0.4 is 10.2 Å². The number of nitrogens with zero attached hydrogens (tertiary/aromatic N) is 3. The predicted molar refractivity (Wildman–Crippen MR) is 103 cm³/mol. The van der Waals surface area contributed by atoms with Gasteiger partial charge >= 0.3 is 5.97 Å². The van der Waals surface area contributed by atoms with Gasteiger partial charge in [-0.3, -0.25) is 14.6 Å². The predicted octanol–water partition coefficient (Wildman–Crippen LogP) is 0.621. The van der Waals surface area contributed by atoms with Crippen molar-refractivity contribution in [2.24, 2.45) is 5.92 Å². The second kappa shape index (κ2) is 10.4. The fourth-order valence-electron chi connectivity index (χ4n) is 3.40. The summed E-state index contributed by atoms with van der Waals surface area (Å²) in [5.74, 6) is -2.58. The molecular formula is C18H27ClN4O4. The first-order valence-electron chi connectivity index (χ1n) is 9.14. The molecule has 1 atom stereocenters. The molecule has 0 radical (unpaired) electrons. The Kier molecular flexibility index (Phi) is 8.27. The van der Waals surface area contributed by atoms with Crippen molar-refractivity contribution < 1.29 is 19.4 Å². The van der Waals surface area contributed by atoms with Crippen molar-refractivity contribution in [1.29, 1.82) is 0 Å². The number of nitrogens with one attached hydrogen (secondary N) is 1. The van der Waals surface area contributed by atoms with Crippen LogP contribution in [-0.4, -0.2) is 78.8 Å². The fraction of sp³-hybridized carbons (Fsp3) is 0.611. The highest BCUT2D eigenvalue weighted by atomic mass is 35.5. The summed E-state index contributed by atoms with van der Waals surface area (Å²) in [5, 5.41) is 12.7. The molecule has 9 heteroatoms. The highest BCUT2D eigenvalue weighted by molar-refractivity contribution is 5.97. The number of rotatable bonds is 6.